The van der Waals surface area contributed by atoms with E-state index < -0.39 is 0 Å². The second-order valence-corrected chi connectivity index (χ2v) is 6.13. The van der Waals surface area contributed by atoms with Gasteiger partial charge in [-0.1, -0.05) is 12.1 Å². The third-order valence-electron chi connectivity index (χ3n) is 3.88. The molecular weight excluding hydrogens is 356 g/mol. The number of carbonyl (C=O) groups is 2. The average molecular weight is 376 g/mol. The van der Waals surface area contributed by atoms with E-state index in [-0.39, 0.29) is 11.7 Å². The van der Waals surface area contributed by atoms with Crippen molar-refractivity contribution < 1.29 is 9.59 Å². The Kier molecular flexibility index (Phi) is 5.50. The van der Waals surface area contributed by atoms with E-state index in [0.29, 0.717) is 34.3 Å². The molecule has 3 aromatic rings. The third kappa shape index (κ3) is 4.61. The predicted octanol–water partition coefficient (Wildman–Crippen LogP) is 3.71. The van der Waals surface area contributed by atoms with Crippen molar-refractivity contribution in [1.82, 2.24) is 9.97 Å². The van der Waals surface area contributed by atoms with Gasteiger partial charge in [-0.05, 0) is 43.3 Å². The molecule has 0 aliphatic rings. The number of hydrogen-bond acceptors (Lipinski definition) is 7. The van der Waals surface area contributed by atoms with Gasteiger partial charge in [-0.2, -0.15) is 0 Å². The Hall–Kier alpha value is -3.94. The SMILES string of the molecule is CC(=O)Nc1ccc(Nc2ncnc(Nc3cccc(C(C)=O)c3)c2N)cc1. The Bertz CT molecular complexity index is 1020. The number of Topliss-reactive ketones (excluding diaryl/α,β-unsaturated/α-hetero) is 1. The van der Waals surface area contributed by atoms with Gasteiger partial charge in [0.1, 0.15) is 12.0 Å². The van der Waals surface area contributed by atoms with Gasteiger partial charge in [0.2, 0.25) is 5.91 Å². The van der Waals surface area contributed by atoms with Crippen molar-refractivity contribution in [2.75, 3.05) is 21.7 Å². The molecule has 0 radical (unpaired) electrons. The molecule has 28 heavy (non-hydrogen) atoms. The highest BCUT2D eigenvalue weighted by atomic mass is 16.1. The molecule has 1 aromatic heterocycles. The molecule has 0 unspecified atom stereocenters. The van der Waals surface area contributed by atoms with Gasteiger partial charge in [-0.3, -0.25) is 9.59 Å². The van der Waals surface area contributed by atoms with Gasteiger partial charge in [0.05, 0.1) is 0 Å². The lowest BCUT2D eigenvalue weighted by molar-refractivity contribution is -0.114. The van der Waals surface area contributed by atoms with Crippen LogP contribution in [0.3, 0.4) is 0 Å². The molecular formula is C20H20N6O2. The number of nitrogens with zero attached hydrogens (tertiary/aromatic N) is 2. The molecule has 2 aromatic carbocycles. The number of anilines is 6. The minimum atomic E-state index is -0.134. The van der Waals surface area contributed by atoms with Crippen molar-refractivity contribution in [3.05, 3.63) is 60.4 Å². The summed E-state index contributed by atoms with van der Waals surface area (Å²) in [5, 5.41) is 8.94. The van der Waals surface area contributed by atoms with Gasteiger partial charge in [0, 0.05) is 29.5 Å². The molecule has 0 saturated heterocycles. The molecule has 5 N–H and O–H groups in total. The molecule has 0 bridgehead atoms. The second-order valence-electron chi connectivity index (χ2n) is 6.13. The fourth-order valence-electron chi connectivity index (χ4n) is 2.52. The maximum Gasteiger partial charge on any atom is 0.221 e. The fraction of sp³-hybridized carbons (Fsp3) is 0.100. The summed E-state index contributed by atoms with van der Waals surface area (Å²) in [6.45, 7) is 2.96. The third-order valence-corrected chi connectivity index (χ3v) is 3.88. The van der Waals surface area contributed by atoms with E-state index in [4.69, 9.17) is 5.73 Å². The summed E-state index contributed by atoms with van der Waals surface area (Å²) >= 11 is 0. The predicted molar refractivity (Wildman–Crippen MR) is 110 cm³/mol. The Morgan fingerprint density at radius 2 is 1.46 bits per heavy atom. The zero-order valence-corrected chi connectivity index (χ0v) is 15.5. The number of benzene rings is 2. The highest BCUT2D eigenvalue weighted by molar-refractivity contribution is 5.95. The first-order chi connectivity index (χ1) is 13.4. The first-order valence-electron chi connectivity index (χ1n) is 8.55. The van der Waals surface area contributed by atoms with Crippen molar-refractivity contribution in [2.45, 2.75) is 13.8 Å². The maximum atomic E-state index is 11.5. The van der Waals surface area contributed by atoms with E-state index in [9.17, 15) is 9.59 Å². The molecule has 0 atom stereocenters. The second kappa shape index (κ2) is 8.17. The van der Waals surface area contributed by atoms with Gasteiger partial charge in [-0.15, -0.1) is 0 Å². The van der Waals surface area contributed by atoms with Crippen LogP contribution in [0, 0.1) is 0 Å². The average Bonchev–Trinajstić information content (AvgIpc) is 2.66. The largest absolute Gasteiger partial charge is 0.393 e. The lowest BCUT2D eigenvalue weighted by Gasteiger charge is -2.13. The van der Waals surface area contributed by atoms with Crippen LogP contribution >= 0.6 is 0 Å². The fourth-order valence-corrected chi connectivity index (χ4v) is 2.52. The summed E-state index contributed by atoms with van der Waals surface area (Å²) in [6.07, 6.45) is 1.39. The van der Waals surface area contributed by atoms with Gasteiger partial charge in [0.15, 0.2) is 17.4 Å². The highest BCUT2D eigenvalue weighted by Gasteiger charge is 2.10. The molecule has 0 saturated carbocycles. The van der Waals surface area contributed by atoms with E-state index >= 15 is 0 Å². The van der Waals surface area contributed by atoms with Crippen LogP contribution in [0.5, 0.6) is 0 Å². The Labute approximate surface area is 162 Å². The number of hydrogen-bond donors (Lipinski definition) is 4. The first kappa shape index (κ1) is 18.8. The van der Waals surface area contributed by atoms with Crippen LogP contribution in [0.25, 0.3) is 0 Å². The van der Waals surface area contributed by atoms with Crippen molar-refractivity contribution in [2.24, 2.45) is 0 Å². The zero-order chi connectivity index (χ0) is 20.1. The van der Waals surface area contributed by atoms with E-state index in [1.165, 1.54) is 20.2 Å². The van der Waals surface area contributed by atoms with Gasteiger partial charge in [0.25, 0.3) is 0 Å². The number of ketones is 1. The van der Waals surface area contributed by atoms with Crippen LogP contribution in [-0.4, -0.2) is 21.7 Å². The smallest absolute Gasteiger partial charge is 0.221 e. The summed E-state index contributed by atoms with van der Waals surface area (Å²) in [7, 11) is 0. The summed E-state index contributed by atoms with van der Waals surface area (Å²) < 4.78 is 0. The molecule has 1 amide bonds. The Morgan fingerprint density at radius 3 is 2.07 bits per heavy atom. The standard InChI is InChI=1S/C20H20N6O2/c1-12(27)14-4-3-5-17(10-14)26-20-18(21)19(22-11-23-20)25-16-8-6-15(7-9-16)24-13(2)28/h3-11H,21H2,1-2H3,(H,24,28)(H2,22,23,25,26). The van der Waals surface area contributed by atoms with Crippen LogP contribution < -0.4 is 21.7 Å². The van der Waals surface area contributed by atoms with Gasteiger partial charge < -0.3 is 21.7 Å². The molecule has 8 nitrogen and oxygen atoms in total. The van der Waals surface area contributed by atoms with E-state index in [2.05, 4.69) is 25.9 Å². The molecule has 0 spiro atoms. The minimum Gasteiger partial charge on any atom is -0.393 e. The lowest BCUT2D eigenvalue weighted by atomic mass is 10.1. The molecule has 0 aliphatic carbocycles. The summed E-state index contributed by atoms with van der Waals surface area (Å²) in [5.74, 6) is 0.704. The first-order valence-corrected chi connectivity index (χ1v) is 8.55. The summed E-state index contributed by atoms with van der Waals surface area (Å²) in [6, 6.07) is 14.2. The molecule has 8 heteroatoms. The topological polar surface area (TPSA) is 122 Å². The van der Waals surface area contributed by atoms with Crippen molar-refractivity contribution in [3.8, 4) is 0 Å². The normalized spacial score (nSPS) is 10.2. The van der Waals surface area contributed by atoms with Crippen molar-refractivity contribution >= 4 is 46.1 Å². The lowest BCUT2D eigenvalue weighted by Crippen LogP contribution is -2.06. The summed E-state index contributed by atoms with van der Waals surface area (Å²) in [4.78, 5) is 31.0. The molecule has 0 aliphatic heterocycles. The number of amides is 1. The number of aromatic nitrogens is 2. The van der Waals surface area contributed by atoms with E-state index in [0.717, 1.165) is 5.69 Å². The maximum absolute atomic E-state index is 11.5. The monoisotopic (exact) mass is 376 g/mol. The zero-order valence-electron chi connectivity index (χ0n) is 15.5. The molecule has 0 fully saturated rings. The van der Waals surface area contributed by atoms with Crippen LogP contribution in [0.4, 0.5) is 34.4 Å². The van der Waals surface area contributed by atoms with E-state index in [1.54, 1.807) is 42.5 Å². The van der Waals surface area contributed by atoms with E-state index in [1.807, 2.05) is 6.07 Å². The van der Waals surface area contributed by atoms with Crippen molar-refractivity contribution in [3.63, 3.8) is 0 Å². The molecule has 1 heterocycles. The van der Waals surface area contributed by atoms with Gasteiger partial charge in [-0.25, -0.2) is 9.97 Å². The van der Waals surface area contributed by atoms with Crippen LogP contribution in [0.2, 0.25) is 0 Å². The Morgan fingerprint density at radius 1 is 0.857 bits per heavy atom. The minimum absolute atomic E-state index is 0.0237. The number of carbonyl (C=O) groups excluding carboxylic acids is 2. The number of nitrogens with two attached hydrogens (primary N) is 1. The molecule has 142 valence electrons. The van der Waals surface area contributed by atoms with Crippen molar-refractivity contribution in [1.29, 1.82) is 0 Å². The summed E-state index contributed by atoms with van der Waals surface area (Å²) in [5.41, 5.74) is 9.27. The number of rotatable bonds is 6. The number of nitrogen functional groups attached to an aromatic ring is 1. The molecule has 3 rings (SSSR count). The number of nitrogens with one attached hydrogen (secondary N) is 3. The Balaban J connectivity index is 1.78. The van der Waals surface area contributed by atoms with Crippen LogP contribution in [0.1, 0.15) is 24.2 Å². The van der Waals surface area contributed by atoms with Crippen LogP contribution in [0.15, 0.2) is 54.9 Å². The quantitative estimate of drug-likeness (QED) is 0.484. The highest BCUT2D eigenvalue weighted by Crippen LogP contribution is 2.28. The van der Waals surface area contributed by atoms with Crippen LogP contribution in [-0.2, 0) is 4.79 Å². The van der Waals surface area contributed by atoms with Gasteiger partial charge >= 0.3 is 0 Å².